The molecule has 0 saturated carbocycles. The van der Waals surface area contributed by atoms with Gasteiger partial charge in [-0.1, -0.05) is 91.5 Å². The maximum Gasteiger partial charge on any atom is 2.00 e. The molecule has 0 atom stereocenters. The summed E-state index contributed by atoms with van der Waals surface area (Å²) in [5, 5.41) is 8.09. The van der Waals surface area contributed by atoms with E-state index in [4.69, 9.17) is 0 Å². The van der Waals surface area contributed by atoms with Crippen molar-refractivity contribution in [2.24, 2.45) is 0 Å². The monoisotopic (exact) mass is 474 g/mol. The van der Waals surface area contributed by atoms with Gasteiger partial charge in [-0.15, -0.1) is 63.0 Å². The van der Waals surface area contributed by atoms with Crippen LogP contribution < -0.4 is 0 Å². The van der Waals surface area contributed by atoms with E-state index in [0.717, 1.165) is 0 Å². The molecule has 0 unspecified atom stereocenters. The van der Waals surface area contributed by atoms with Gasteiger partial charge in [0.05, 0.1) is 0 Å². The van der Waals surface area contributed by atoms with E-state index in [1.807, 2.05) is 0 Å². The minimum absolute atomic E-state index is 0. The first-order valence-electron chi connectivity index (χ1n) is 10.5. The molecule has 0 nitrogen and oxygen atoms in total. The Morgan fingerprint density at radius 3 is 1.94 bits per heavy atom. The number of rotatable bonds is 1. The molecule has 0 amide bonds. The first kappa shape index (κ1) is 21.5. The smallest absolute Gasteiger partial charge is 0.165 e. The van der Waals surface area contributed by atoms with Crippen LogP contribution in [0.3, 0.4) is 0 Å². The fourth-order valence-corrected chi connectivity index (χ4v) is 4.37. The minimum atomic E-state index is 0. The van der Waals surface area contributed by atoms with Gasteiger partial charge in [-0.05, 0) is 10.9 Å². The summed E-state index contributed by atoms with van der Waals surface area (Å²) in [6.45, 7) is 4.30. The van der Waals surface area contributed by atoms with Gasteiger partial charge in [-0.25, -0.2) is 0 Å². The van der Waals surface area contributed by atoms with Crippen LogP contribution in [0.5, 0.6) is 0 Å². The van der Waals surface area contributed by atoms with Gasteiger partial charge in [-0.2, -0.15) is 12.1 Å². The zero-order chi connectivity index (χ0) is 20.5. The van der Waals surface area contributed by atoms with Gasteiger partial charge >= 0.3 is 26.2 Å². The molecule has 148 valence electrons. The van der Waals surface area contributed by atoms with Crippen molar-refractivity contribution in [2.45, 2.75) is 13.8 Å². The van der Waals surface area contributed by atoms with E-state index < -0.39 is 0 Å². The molecule has 0 heterocycles. The Balaban J connectivity index is 0.000000146. The zero-order valence-electron chi connectivity index (χ0n) is 17.9. The van der Waals surface area contributed by atoms with E-state index in [1.54, 1.807) is 0 Å². The third kappa shape index (κ3) is 4.34. The summed E-state index contributed by atoms with van der Waals surface area (Å²) in [6, 6.07) is 39.0. The number of aryl methyl sites for hydroxylation is 2. The predicted molar refractivity (Wildman–Crippen MR) is 131 cm³/mol. The molecule has 31 heavy (non-hydrogen) atoms. The van der Waals surface area contributed by atoms with Gasteiger partial charge < -0.3 is 0 Å². The topological polar surface area (TPSA) is 0 Å². The zero-order valence-corrected chi connectivity index (χ0v) is 20.4. The van der Waals surface area contributed by atoms with Crippen molar-refractivity contribution in [2.75, 3.05) is 0 Å². The Hall–Kier alpha value is -2.76. The summed E-state index contributed by atoms with van der Waals surface area (Å²) in [5.74, 6) is 0. The van der Waals surface area contributed by atoms with Crippen molar-refractivity contribution in [1.29, 1.82) is 0 Å². The van der Waals surface area contributed by atoms with Crippen LogP contribution >= 0.6 is 0 Å². The van der Waals surface area contributed by atoms with Crippen LogP contribution in [0.4, 0.5) is 0 Å². The number of fused-ring (bicyclic) bond motifs is 4. The summed E-state index contributed by atoms with van der Waals surface area (Å²) in [5.41, 5.74) is 5.29. The molecule has 0 aromatic heterocycles. The Morgan fingerprint density at radius 1 is 0.516 bits per heavy atom. The van der Waals surface area contributed by atoms with Crippen LogP contribution in [0.2, 0.25) is 0 Å². The van der Waals surface area contributed by atoms with Crippen molar-refractivity contribution in [3.8, 4) is 11.1 Å². The molecule has 0 aliphatic heterocycles. The van der Waals surface area contributed by atoms with Gasteiger partial charge in [0.1, 0.15) is 0 Å². The molecule has 0 aliphatic rings. The standard InChI is InChI=1S/C16H13.C14H11.Zr/c1-12-10-14-8-5-9-15(16(14)11-12)13-6-3-2-4-7-13;1-10-8-12-7-6-11-4-2-3-5-13(11)14(12)9-10;/h2-11H,1H3;2-9H,1H3;/q2*-1;+2. The Labute approximate surface area is 203 Å². The van der Waals surface area contributed by atoms with E-state index >= 15 is 0 Å². The van der Waals surface area contributed by atoms with Gasteiger partial charge in [0.15, 0.2) is 0 Å². The first-order chi connectivity index (χ1) is 14.7. The number of hydrogen-bond acceptors (Lipinski definition) is 0. The number of benzene rings is 4. The maximum atomic E-state index is 2.26. The quantitative estimate of drug-likeness (QED) is 0.209. The Morgan fingerprint density at radius 2 is 1.16 bits per heavy atom. The second-order valence-electron chi connectivity index (χ2n) is 8.03. The Kier molecular flexibility index (Phi) is 6.35. The molecule has 0 spiro atoms. The predicted octanol–water partition coefficient (Wildman–Crippen LogP) is 8.55. The van der Waals surface area contributed by atoms with Gasteiger partial charge in [0.2, 0.25) is 0 Å². The third-order valence-corrected chi connectivity index (χ3v) is 5.74. The van der Waals surface area contributed by atoms with Crippen LogP contribution in [0.1, 0.15) is 11.1 Å². The van der Waals surface area contributed by atoms with Crippen molar-refractivity contribution in [3.63, 3.8) is 0 Å². The van der Waals surface area contributed by atoms with Crippen molar-refractivity contribution in [1.82, 2.24) is 0 Å². The van der Waals surface area contributed by atoms with Crippen molar-refractivity contribution in [3.05, 3.63) is 120 Å². The summed E-state index contributed by atoms with van der Waals surface area (Å²) in [6.07, 6.45) is 0. The van der Waals surface area contributed by atoms with E-state index in [1.165, 1.54) is 54.6 Å². The van der Waals surface area contributed by atoms with Gasteiger partial charge in [0, 0.05) is 0 Å². The van der Waals surface area contributed by atoms with Crippen LogP contribution in [-0.4, -0.2) is 0 Å². The van der Waals surface area contributed by atoms with Crippen molar-refractivity contribution < 1.29 is 26.2 Å². The molecule has 1 heteroatoms. The SMILES string of the molecule is Cc1cc2c(-c3ccccc3)cccc2[cH-]1.Cc1cc2c(ccc3ccccc32)[cH-]1.[Zr+2]. The average Bonchev–Trinajstić information content (AvgIpc) is 3.35. The van der Waals surface area contributed by atoms with Crippen LogP contribution in [0, 0.1) is 13.8 Å². The van der Waals surface area contributed by atoms with Crippen LogP contribution in [-0.2, 0) is 26.2 Å². The maximum absolute atomic E-state index is 2.26. The molecule has 0 aliphatic carbocycles. The normalized spacial score (nSPS) is 10.6. The van der Waals surface area contributed by atoms with E-state index in [9.17, 15) is 0 Å². The second-order valence-corrected chi connectivity index (χ2v) is 8.03. The average molecular weight is 476 g/mol. The fraction of sp³-hybridized carbons (Fsp3) is 0.0667. The molecule has 6 rings (SSSR count). The Bertz CT molecular complexity index is 1450. The molecular formula is C30H24Zr. The van der Waals surface area contributed by atoms with E-state index in [2.05, 4.69) is 123 Å². The molecule has 0 bridgehead atoms. The molecular weight excluding hydrogens is 452 g/mol. The molecule has 6 aromatic carbocycles. The summed E-state index contributed by atoms with van der Waals surface area (Å²) < 4.78 is 0. The third-order valence-electron chi connectivity index (χ3n) is 5.74. The largest absolute Gasteiger partial charge is 2.00 e. The number of hydrogen-bond donors (Lipinski definition) is 0. The van der Waals surface area contributed by atoms with Gasteiger partial charge in [0.25, 0.3) is 0 Å². The first-order valence-corrected chi connectivity index (χ1v) is 10.5. The minimum Gasteiger partial charge on any atom is -0.165 e. The molecule has 0 saturated heterocycles. The fourth-order valence-electron chi connectivity index (χ4n) is 4.37. The van der Waals surface area contributed by atoms with E-state index in [-0.39, 0.29) is 26.2 Å². The summed E-state index contributed by atoms with van der Waals surface area (Å²) in [4.78, 5) is 0. The molecule has 0 N–H and O–H groups in total. The summed E-state index contributed by atoms with van der Waals surface area (Å²) >= 11 is 0. The second kappa shape index (κ2) is 9.17. The summed E-state index contributed by atoms with van der Waals surface area (Å²) in [7, 11) is 0. The molecule has 0 fully saturated rings. The molecule has 6 aromatic rings. The van der Waals surface area contributed by atoms with Gasteiger partial charge in [-0.3, -0.25) is 0 Å². The van der Waals surface area contributed by atoms with Crippen LogP contribution in [0.15, 0.2) is 109 Å². The molecule has 0 radical (unpaired) electrons. The van der Waals surface area contributed by atoms with Crippen LogP contribution in [0.25, 0.3) is 43.4 Å². The van der Waals surface area contributed by atoms with E-state index in [0.29, 0.717) is 0 Å². The van der Waals surface area contributed by atoms with Crippen molar-refractivity contribution >= 4 is 32.3 Å².